The predicted octanol–water partition coefficient (Wildman–Crippen LogP) is 0.922. The molecule has 14 heteroatoms. The molecule has 0 radical (unpaired) electrons. The van der Waals surface area contributed by atoms with Crippen LogP contribution in [0.3, 0.4) is 0 Å². The smallest absolute Gasteiger partial charge is 0.339 e. The number of primary sulfonamides is 1. The first-order valence-electron chi connectivity index (χ1n) is 9.02. The second-order valence-corrected chi connectivity index (χ2v) is 9.84. The summed E-state index contributed by atoms with van der Waals surface area (Å²) in [7, 11) is -3.02. The van der Waals surface area contributed by atoms with Crippen LogP contribution < -0.4 is 10.9 Å². The van der Waals surface area contributed by atoms with E-state index < -0.39 is 55.5 Å². The molecular weight excluding hydrogens is 471 g/mol. The molecule has 1 aromatic heterocycles. The van der Waals surface area contributed by atoms with Crippen LogP contribution in [0.2, 0.25) is 0 Å². The first-order chi connectivity index (χ1) is 15.0. The summed E-state index contributed by atoms with van der Waals surface area (Å²) in [4.78, 5) is 22.6. The van der Waals surface area contributed by atoms with E-state index in [9.17, 15) is 26.4 Å². The van der Waals surface area contributed by atoms with Crippen molar-refractivity contribution < 1.29 is 31.1 Å². The van der Waals surface area contributed by atoms with Crippen LogP contribution in [0.15, 0.2) is 40.0 Å². The Labute approximate surface area is 184 Å². The normalized spacial score (nSPS) is 23.2. The molecule has 4 rings (SSSR count). The van der Waals surface area contributed by atoms with E-state index in [4.69, 9.17) is 15.6 Å². The van der Waals surface area contributed by atoms with Crippen LogP contribution in [0.25, 0.3) is 0 Å². The first kappa shape index (κ1) is 22.4. The van der Waals surface area contributed by atoms with Gasteiger partial charge in [-0.25, -0.2) is 41.5 Å². The van der Waals surface area contributed by atoms with Crippen LogP contribution in [-0.4, -0.2) is 49.0 Å². The number of methoxy groups -OCH3 is 1. The highest BCUT2D eigenvalue weighted by Gasteiger charge is 2.51. The molecule has 3 heterocycles. The van der Waals surface area contributed by atoms with Crippen molar-refractivity contribution in [1.29, 1.82) is 0 Å². The summed E-state index contributed by atoms with van der Waals surface area (Å²) in [6, 6.07) is 1.51. The number of amidine groups is 1. The molecule has 0 bridgehead atoms. The van der Waals surface area contributed by atoms with Gasteiger partial charge in [0.15, 0.2) is 34.0 Å². The predicted molar refractivity (Wildman–Crippen MR) is 108 cm³/mol. The number of fused-ring (bicyclic) bond motifs is 1. The molecule has 1 saturated heterocycles. The van der Waals surface area contributed by atoms with Crippen LogP contribution in [0.5, 0.6) is 0 Å². The molecule has 9 nitrogen and oxygen atoms in total. The van der Waals surface area contributed by atoms with E-state index in [1.165, 1.54) is 11.1 Å². The molecule has 1 fully saturated rings. The molecule has 0 amide bonds. The van der Waals surface area contributed by atoms with Crippen molar-refractivity contribution in [1.82, 2.24) is 9.88 Å². The first-order valence-corrected chi connectivity index (χ1v) is 11.5. The van der Waals surface area contributed by atoms with Gasteiger partial charge in [-0.3, -0.25) is 5.73 Å². The number of aliphatic imine (C=N–C) groups is 1. The number of halogens is 3. The number of nitrogens with zero attached hydrogens (tertiary/aromatic N) is 3. The summed E-state index contributed by atoms with van der Waals surface area (Å²) in [6.45, 7) is -0.177. The zero-order valence-corrected chi connectivity index (χ0v) is 18.0. The van der Waals surface area contributed by atoms with Gasteiger partial charge in [0.1, 0.15) is 5.57 Å². The number of aromatic nitrogens is 1. The third kappa shape index (κ3) is 3.39. The molecule has 170 valence electrons. The molecule has 0 unspecified atom stereocenters. The lowest BCUT2D eigenvalue weighted by Gasteiger charge is -2.37. The number of sulfonamides is 1. The average Bonchev–Trinajstić information content (AvgIpc) is 3.41. The van der Waals surface area contributed by atoms with Crippen molar-refractivity contribution in [2.24, 2.45) is 15.9 Å². The zero-order valence-electron chi connectivity index (χ0n) is 16.4. The molecule has 2 aromatic rings. The summed E-state index contributed by atoms with van der Waals surface area (Å²) in [5.74, 6) is -5.93. The second kappa shape index (κ2) is 7.65. The minimum Gasteiger partial charge on any atom is -0.465 e. The summed E-state index contributed by atoms with van der Waals surface area (Å²) < 4.78 is 71.4. The van der Waals surface area contributed by atoms with Gasteiger partial charge in [0, 0.05) is 35.8 Å². The Bertz CT molecular complexity index is 1280. The molecule has 4 N–H and O–H groups in total. The molecule has 1 aromatic carbocycles. The van der Waals surface area contributed by atoms with Crippen LogP contribution in [0, 0.1) is 17.5 Å². The quantitative estimate of drug-likeness (QED) is 0.483. The Kier molecular flexibility index (Phi) is 5.35. The topological polar surface area (TPSA) is 141 Å². The Hall–Kier alpha value is -2.81. The fourth-order valence-electron chi connectivity index (χ4n) is 3.77. The Balaban J connectivity index is 2.04. The van der Waals surface area contributed by atoms with E-state index in [1.807, 2.05) is 0 Å². The molecule has 0 spiro atoms. The lowest BCUT2D eigenvalue weighted by molar-refractivity contribution is -0.137. The lowest BCUT2D eigenvalue weighted by atomic mass is 9.88. The zero-order chi connectivity index (χ0) is 23.4. The number of hydrogen-bond donors (Lipinski definition) is 2. The highest BCUT2D eigenvalue weighted by Crippen LogP contribution is 2.43. The van der Waals surface area contributed by atoms with E-state index in [0.29, 0.717) is 6.07 Å². The standard InChI is InChI=1S/C18H16F3N5O4S2/c1-30-17(27)12-11-6-8(32(23,28)29)7-26(11)15(16-24-4-5-31-16)25-18(12,22)9-2-3-10(19)14(21)13(9)20/h2-5,8H,6-7,22H2,1H3,(H2,23,28,29)/t8-,18-/m0/s1. The molecule has 32 heavy (non-hydrogen) atoms. The third-order valence-corrected chi connectivity index (χ3v) is 7.28. The number of benzene rings is 1. The van der Waals surface area contributed by atoms with Gasteiger partial charge >= 0.3 is 5.97 Å². The maximum absolute atomic E-state index is 14.8. The summed E-state index contributed by atoms with van der Waals surface area (Å²) in [6.07, 6.45) is 1.18. The number of ether oxygens (including phenoxy) is 1. The minimum atomic E-state index is -4.06. The minimum absolute atomic E-state index is 0.0282. The van der Waals surface area contributed by atoms with E-state index in [0.717, 1.165) is 24.5 Å². The largest absolute Gasteiger partial charge is 0.465 e. The number of carbonyl (C=O) groups is 1. The Morgan fingerprint density at radius 3 is 2.62 bits per heavy atom. The van der Waals surface area contributed by atoms with Crippen molar-refractivity contribution in [2.75, 3.05) is 13.7 Å². The van der Waals surface area contributed by atoms with Gasteiger partial charge in [-0.05, 0) is 12.1 Å². The number of hydrogen-bond acceptors (Lipinski definition) is 9. The Morgan fingerprint density at radius 2 is 2.03 bits per heavy atom. The Morgan fingerprint density at radius 1 is 1.31 bits per heavy atom. The van der Waals surface area contributed by atoms with Crippen molar-refractivity contribution in [2.45, 2.75) is 17.3 Å². The van der Waals surface area contributed by atoms with Gasteiger partial charge in [0.05, 0.1) is 12.4 Å². The second-order valence-electron chi connectivity index (χ2n) is 7.10. The fraction of sp³-hybridized carbons (Fsp3) is 0.278. The van der Waals surface area contributed by atoms with Gasteiger partial charge in [0.2, 0.25) is 10.0 Å². The van der Waals surface area contributed by atoms with E-state index in [1.54, 1.807) is 5.38 Å². The lowest BCUT2D eigenvalue weighted by Crippen LogP contribution is -2.49. The fourth-order valence-corrected chi connectivity index (χ4v) is 5.15. The number of allylic oxidation sites excluding steroid dienone is 1. The van der Waals surface area contributed by atoms with Crippen LogP contribution in [0.1, 0.15) is 17.0 Å². The maximum Gasteiger partial charge on any atom is 0.339 e. The maximum atomic E-state index is 14.8. The van der Waals surface area contributed by atoms with Gasteiger partial charge in [-0.1, -0.05) is 0 Å². The monoisotopic (exact) mass is 487 g/mol. The molecular formula is C18H16F3N5O4S2. The van der Waals surface area contributed by atoms with Gasteiger partial charge in [-0.2, -0.15) is 0 Å². The van der Waals surface area contributed by atoms with Crippen molar-refractivity contribution in [3.63, 3.8) is 0 Å². The summed E-state index contributed by atoms with van der Waals surface area (Å²) in [5, 5.41) is 6.07. The van der Waals surface area contributed by atoms with Gasteiger partial charge < -0.3 is 9.64 Å². The van der Waals surface area contributed by atoms with Crippen molar-refractivity contribution in [3.8, 4) is 0 Å². The molecule has 2 atom stereocenters. The average molecular weight is 487 g/mol. The SMILES string of the molecule is COC(=O)C1=C2C[C@H](S(N)(=O)=O)CN2C(c2nccs2)=N[C@@]1(N)c1ccc(F)c(F)c1F. The highest BCUT2D eigenvalue weighted by atomic mass is 32.2. The molecule has 2 aliphatic heterocycles. The van der Waals surface area contributed by atoms with Gasteiger partial charge in [0.25, 0.3) is 0 Å². The van der Waals surface area contributed by atoms with Crippen LogP contribution >= 0.6 is 11.3 Å². The number of nitrogens with two attached hydrogens (primary N) is 2. The summed E-state index contributed by atoms with van der Waals surface area (Å²) >= 11 is 1.12. The number of carbonyl (C=O) groups excluding carboxylic acids is 1. The number of thiazole rings is 1. The van der Waals surface area contributed by atoms with Crippen molar-refractivity contribution in [3.05, 3.63) is 63.0 Å². The summed E-state index contributed by atoms with van der Waals surface area (Å²) in [5.41, 5.74) is 3.05. The molecule has 0 aliphatic carbocycles. The van der Waals surface area contributed by atoms with Crippen molar-refractivity contribution >= 4 is 33.2 Å². The number of esters is 1. The highest BCUT2D eigenvalue weighted by molar-refractivity contribution is 7.89. The third-order valence-electron chi connectivity index (χ3n) is 5.26. The van der Waals surface area contributed by atoms with Crippen LogP contribution in [-0.2, 0) is 25.2 Å². The number of rotatable bonds is 4. The van der Waals surface area contributed by atoms with E-state index in [2.05, 4.69) is 9.98 Å². The molecule has 2 aliphatic rings. The van der Waals surface area contributed by atoms with E-state index >= 15 is 0 Å². The van der Waals surface area contributed by atoms with Crippen LogP contribution in [0.4, 0.5) is 13.2 Å². The van der Waals surface area contributed by atoms with E-state index in [-0.39, 0.29) is 29.5 Å². The van der Waals surface area contributed by atoms with Gasteiger partial charge in [-0.15, -0.1) is 11.3 Å². The molecule has 0 saturated carbocycles.